The molecule has 0 fully saturated rings. The van der Waals surface area contributed by atoms with Crippen LogP contribution >= 0.6 is 0 Å². The average molecular weight is 253 g/mol. The Morgan fingerprint density at radius 2 is 2.11 bits per heavy atom. The largest absolute Gasteiger partial charge is 0.396 e. The van der Waals surface area contributed by atoms with Crippen LogP contribution < -0.4 is 5.32 Å². The molecule has 4 nitrogen and oxygen atoms in total. The van der Waals surface area contributed by atoms with Crippen molar-refractivity contribution < 1.29 is 5.11 Å². The van der Waals surface area contributed by atoms with Gasteiger partial charge in [0.25, 0.3) is 0 Å². The molecular formula is C14H27N3O. The van der Waals surface area contributed by atoms with Gasteiger partial charge in [-0.25, -0.2) is 0 Å². The topological polar surface area (TPSA) is 50.1 Å². The van der Waals surface area contributed by atoms with Gasteiger partial charge in [0, 0.05) is 37.4 Å². The maximum atomic E-state index is 8.87. The van der Waals surface area contributed by atoms with E-state index < -0.39 is 0 Å². The number of aliphatic hydroxyl groups is 1. The fourth-order valence-electron chi connectivity index (χ4n) is 2.07. The number of hydrogen-bond acceptors (Lipinski definition) is 3. The molecule has 0 radical (unpaired) electrons. The summed E-state index contributed by atoms with van der Waals surface area (Å²) in [4.78, 5) is 0. The maximum absolute atomic E-state index is 8.87. The Bertz CT molecular complexity index is 366. The number of nitrogens with zero attached hydrogens (tertiary/aromatic N) is 2. The van der Waals surface area contributed by atoms with Gasteiger partial charge in [0.15, 0.2) is 0 Å². The molecule has 0 saturated carbocycles. The van der Waals surface area contributed by atoms with Crippen molar-refractivity contribution in [1.29, 1.82) is 0 Å². The molecule has 0 amide bonds. The fraction of sp³-hybridized carbons (Fsp3) is 0.786. The van der Waals surface area contributed by atoms with Crippen LogP contribution in [0.1, 0.15) is 45.4 Å². The minimum atomic E-state index is 0.0784. The Hall–Kier alpha value is -0.870. The summed E-state index contributed by atoms with van der Waals surface area (Å²) in [5, 5.41) is 16.9. The summed E-state index contributed by atoms with van der Waals surface area (Å²) >= 11 is 0. The normalized spacial score (nSPS) is 13.9. The molecule has 18 heavy (non-hydrogen) atoms. The van der Waals surface area contributed by atoms with E-state index in [0.717, 1.165) is 25.2 Å². The van der Waals surface area contributed by atoms with Crippen molar-refractivity contribution >= 4 is 0 Å². The predicted molar refractivity (Wildman–Crippen MR) is 74.5 cm³/mol. The molecule has 0 bridgehead atoms. The molecule has 1 aromatic heterocycles. The molecule has 104 valence electrons. The molecule has 1 rings (SSSR count). The van der Waals surface area contributed by atoms with Crippen LogP contribution in [0.15, 0.2) is 6.20 Å². The van der Waals surface area contributed by atoms with Crippen molar-refractivity contribution in [3.05, 3.63) is 17.5 Å². The van der Waals surface area contributed by atoms with Gasteiger partial charge in [0.2, 0.25) is 0 Å². The number of aryl methyl sites for hydroxylation is 1. The summed E-state index contributed by atoms with van der Waals surface area (Å²) in [6.07, 6.45) is 2.94. The number of nitrogens with one attached hydrogen (secondary N) is 1. The van der Waals surface area contributed by atoms with Gasteiger partial charge in [0.1, 0.15) is 0 Å². The Kier molecular flexibility index (Phi) is 5.35. The zero-order valence-electron chi connectivity index (χ0n) is 12.3. The molecule has 0 saturated heterocycles. The molecule has 0 aliphatic carbocycles. The lowest BCUT2D eigenvalue weighted by Crippen LogP contribution is -2.23. The summed E-state index contributed by atoms with van der Waals surface area (Å²) in [6.45, 7) is 10.8. The van der Waals surface area contributed by atoms with Crippen molar-refractivity contribution in [2.75, 3.05) is 13.2 Å². The minimum Gasteiger partial charge on any atom is -0.396 e. The number of rotatable bonds is 6. The van der Waals surface area contributed by atoms with Crippen molar-refractivity contribution in [3.63, 3.8) is 0 Å². The van der Waals surface area contributed by atoms with Crippen LogP contribution in [0.5, 0.6) is 0 Å². The Balaban J connectivity index is 2.57. The van der Waals surface area contributed by atoms with Gasteiger partial charge in [-0.15, -0.1) is 0 Å². The first-order chi connectivity index (χ1) is 8.34. The molecule has 0 aliphatic heterocycles. The van der Waals surface area contributed by atoms with Gasteiger partial charge in [-0.2, -0.15) is 5.10 Å². The summed E-state index contributed by atoms with van der Waals surface area (Å²) < 4.78 is 1.88. The summed E-state index contributed by atoms with van der Waals surface area (Å²) in [7, 11) is 1.97. The van der Waals surface area contributed by atoms with Crippen LogP contribution in [0.4, 0.5) is 0 Å². The summed E-state index contributed by atoms with van der Waals surface area (Å²) in [5.74, 6) is 0.504. The Labute approximate surface area is 110 Å². The molecule has 0 aromatic carbocycles. The zero-order chi connectivity index (χ0) is 13.8. The van der Waals surface area contributed by atoms with E-state index in [2.05, 4.69) is 44.3 Å². The molecule has 1 aromatic rings. The van der Waals surface area contributed by atoms with E-state index >= 15 is 0 Å². The lowest BCUT2D eigenvalue weighted by Gasteiger charge is -2.18. The highest BCUT2D eigenvalue weighted by Gasteiger charge is 2.21. The molecule has 2 N–H and O–H groups in total. The lowest BCUT2D eigenvalue weighted by molar-refractivity contribution is 0.260. The first-order valence-electron chi connectivity index (χ1n) is 6.69. The SMILES string of the molecule is CC(CCO)CNCc1cn(C)nc1C(C)(C)C. The number of aliphatic hydroxyl groups excluding tert-OH is 1. The van der Waals surface area contributed by atoms with E-state index in [1.807, 2.05) is 11.7 Å². The van der Waals surface area contributed by atoms with Crippen LogP contribution in [-0.4, -0.2) is 28.0 Å². The van der Waals surface area contributed by atoms with E-state index in [0.29, 0.717) is 5.92 Å². The Morgan fingerprint density at radius 1 is 1.44 bits per heavy atom. The first kappa shape index (κ1) is 15.2. The van der Waals surface area contributed by atoms with Crippen molar-refractivity contribution in [1.82, 2.24) is 15.1 Å². The highest BCUT2D eigenvalue weighted by atomic mass is 16.3. The molecule has 0 spiro atoms. The molecular weight excluding hydrogens is 226 g/mol. The zero-order valence-corrected chi connectivity index (χ0v) is 12.3. The van der Waals surface area contributed by atoms with Crippen LogP contribution in [0.2, 0.25) is 0 Å². The van der Waals surface area contributed by atoms with E-state index in [1.165, 1.54) is 5.56 Å². The second kappa shape index (κ2) is 6.34. The smallest absolute Gasteiger partial charge is 0.0722 e. The molecule has 0 aliphatic rings. The van der Waals surface area contributed by atoms with Crippen LogP contribution in [0.3, 0.4) is 0 Å². The standard InChI is InChI=1S/C14H27N3O/c1-11(6-7-18)8-15-9-12-10-17(5)16-13(12)14(2,3)4/h10-11,15,18H,6-9H2,1-5H3. The van der Waals surface area contributed by atoms with Gasteiger partial charge in [-0.1, -0.05) is 27.7 Å². The van der Waals surface area contributed by atoms with Crippen LogP contribution in [0, 0.1) is 5.92 Å². The maximum Gasteiger partial charge on any atom is 0.0722 e. The van der Waals surface area contributed by atoms with E-state index in [4.69, 9.17) is 5.11 Å². The molecule has 1 unspecified atom stereocenters. The summed E-state index contributed by atoms with van der Waals surface area (Å²) in [5.41, 5.74) is 2.50. The van der Waals surface area contributed by atoms with Gasteiger partial charge in [-0.3, -0.25) is 4.68 Å². The second-order valence-corrected chi connectivity index (χ2v) is 6.17. The van der Waals surface area contributed by atoms with Gasteiger partial charge < -0.3 is 10.4 Å². The van der Waals surface area contributed by atoms with Crippen molar-refractivity contribution in [2.45, 2.75) is 46.1 Å². The minimum absolute atomic E-state index is 0.0784. The fourth-order valence-corrected chi connectivity index (χ4v) is 2.07. The molecule has 1 heterocycles. The van der Waals surface area contributed by atoms with Crippen LogP contribution in [-0.2, 0) is 19.0 Å². The average Bonchev–Trinajstić information content (AvgIpc) is 2.60. The third kappa shape index (κ3) is 4.42. The number of hydrogen-bond donors (Lipinski definition) is 2. The van der Waals surface area contributed by atoms with E-state index in [1.54, 1.807) is 0 Å². The first-order valence-corrected chi connectivity index (χ1v) is 6.69. The third-order valence-corrected chi connectivity index (χ3v) is 3.05. The lowest BCUT2D eigenvalue weighted by atomic mass is 9.89. The van der Waals surface area contributed by atoms with Crippen LogP contribution in [0.25, 0.3) is 0 Å². The quantitative estimate of drug-likeness (QED) is 0.813. The second-order valence-electron chi connectivity index (χ2n) is 6.17. The third-order valence-electron chi connectivity index (χ3n) is 3.05. The highest BCUT2D eigenvalue weighted by Crippen LogP contribution is 2.23. The van der Waals surface area contributed by atoms with Gasteiger partial charge in [0.05, 0.1) is 5.69 Å². The van der Waals surface area contributed by atoms with Gasteiger partial charge >= 0.3 is 0 Å². The van der Waals surface area contributed by atoms with Crippen molar-refractivity contribution in [3.8, 4) is 0 Å². The van der Waals surface area contributed by atoms with E-state index in [-0.39, 0.29) is 12.0 Å². The van der Waals surface area contributed by atoms with Gasteiger partial charge in [-0.05, 0) is 18.9 Å². The van der Waals surface area contributed by atoms with Crippen molar-refractivity contribution in [2.24, 2.45) is 13.0 Å². The Morgan fingerprint density at radius 3 is 2.67 bits per heavy atom. The molecule has 1 atom stereocenters. The van der Waals surface area contributed by atoms with E-state index in [9.17, 15) is 0 Å². The monoisotopic (exact) mass is 253 g/mol. The predicted octanol–water partition coefficient (Wildman–Crippen LogP) is 1.83. The highest BCUT2D eigenvalue weighted by molar-refractivity contribution is 5.23. The number of aromatic nitrogens is 2. The summed E-state index contributed by atoms with van der Waals surface area (Å²) in [6, 6.07) is 0. The molecule has 4 heteroatoms.